The van der Waals surface area contributed by atoms with E-state index in [4.69, 9.17) is 33.4 Å². The molecular formula is C12H11Cl2NO5. The second-order valence-electron chi connectivity index (χ2n) is 3.93. The molecule has 20 heavy (non-hydrogen) atoms. The number of carbonyl (C=O) groups excluding carboxylic acids is 1. The zero-order valence-electron chi connectivity index (χ0n) is 10.1. The number of hydrogen-bond acceptors (Lipinski definition) is 3. The first-order valence-corrected chi connectivity index (χ1v) is 6.23. The summed E-state index contributed by atoms with van der Waals surface area (Å²) in [4.78, 5) is 33.1. The standard InChI is InChI=1S/C12H11Cl2NO5/c13-7-2-1-3-8(14)6(7)4-10(16)15-9(12(19)20)5-11(17)18/h1-3,9H,4-5H2,(H,15,16)(H,17,18)(H,19,20)/t9-/m0/s1. The van der Waals surface area contributed by atoms with E-state index in [1.165, 1.54) is 0 Å². The lowest BCUT2D eigenvalue weighted by molar-refractivity contribution is -0.147. The first-order chi connectivity index (χ1) is 9.31. The summed E-state index contributed by atoms with van der Waals surface area (Å²) in [5.41, 5.74) is 0.354. The van der Waals surface area contributed by atoms with Crippen LogP contribution in [0.15, 0.2) is 18.2 Å². The van der Waals surface area contributed by atoms with E-state index in [9.17, 15) is 14.4 Å². The molecule has 0 unspecified atom stereocenters. The Morgan fingerprint density at radius 2 is 1.70 bits per heavy atom. The van der Waals surface area contributed by atoms with Crippen LogP contribution >= 0.6 is 23.2 Å². The molecule has 0 aliphatic rings. The van der Waals surface area contributed by atoms with Gasteiger partial charge in [0.1, 0.15) is 6.04 Å². The molecule has 0 bridgehead atoms. The molecule has 1 atom stereocenters. The third-order valence-corrected chi connectivity index (χ3v) is 3.12. The van der Waals surface area contributed by atoms with Gasteiger partial charge in [0.05, 0.1) is 12.8 Å². The van der Waals surface area contributed by atoms with Gasteiger partial charge in [0, 0.05) is 10.0 Å². The molecule has 1 amide bonds. The lowest BCUT2D eigenvalue weighted by Crippen LogP contribution is -2.42. The molecule has 0 aliphatic carbocycles. The quantitative estimate of drug-likeness (QED) is 0.738. The molecule has 0 fully saturated rings. The van der Waals surface area contributed by atoms with Crippen molar-refractivity contribution in [1.82, 2.24) is 5.32 Å². The van der Waals surface area contributed by atoms with Gasteiger partial charge in [-0.25, -0.2) is 4.79 Å². The molecular weight excluding hydrogens is 309 g/mol. The number of aliphatic carboxylic acids is 2. The summed E-state index contributed by atoms with van der Waals surface area (Å²) >= 11 is 11.8. The Morgan fingerprint density at radius 1 is 1.15 bits per heavy atom. The number of halogens is 2. The van der Waals surface area contributed by atoms with Crippen LogP contribution in [0.2, 0.25) is 10.0 Å². The molecule has 0 aromatic heterocycles. The van der Waals surface area contributed by atoms with Crippen LogP contribution in [-0.2, 0) is 20.8 Å². The van der Waals surface area contributed by atoms with Crippen molar-refractivity contribution in [3.05, 3.63) is 33.8 Å². The van der Waals surface area contributed by atoms with Crippen LogP contribution in [0, 0.1) is 0 Å². The summed E-state index contributed by atoms with van der Waals surface area (Å²) in [6.45, 7) is 0. The highest BCUT2D eigenvalue weighted by molar-refractivity contribution is 6.36. The van der Waals surface area contributed by atoms with Crippen molar-refractivity contribution in [2.24, 2.45) is 0 Å². The van der Waals surface area contributed by atoms with Gasteiger partial charge in [-0.05, 0) is 17.7 Å². The zero-order chi connectivity index (χ0) is 15.3. The number of nitrogens with one attached hydrogen (secondary N) is 1. The van der Waals surface area contributed by atoms with E-state index >= 15 is 0 Å². The molecule has 0 saturated heterocycles. The molecule has 108 valence electrons. The van der Waals surface area contributed by atoms with Crippen LogP contribution in [-0.4, -0.2) is 34.1 Å². The summed E-state index contributed by atoms with van der Waals surface area (Å²) in [5.74, 6) is -3.42. The topological polar surface area (TPSA) is 104 Å². The van der Waals surface area contributed by atoms with Crippen molar-refractivity contribution in [2.75, 3.05) is 0 Å². The number of rotatable bonds is 6. The fraction of sp³-hybridized carbons (Fsp3) is 0.250. The first-order valence-electron chi connectivity index (χ1n) is 5.48. The number of carboxylic acids is 2. The molecule has 0 heterocycles. The normalized spacial score (nSPS) is 11.7. The van der Waals surface area contributed by atoms with Gasteiger partial charge < -0.3 is 15.5 Å². The number of carboxylic acid groups (broad SMARTS) is 2. The van der Waals surface area contributed by atoms with E-state index < -0.39 is 30.3 Å². The van der Waals surface area contributed by atoms with E-state index in [0.29, 0.717) is 5.56 Å². The van der Waals surface area contributed by atoms with Gasteiger partial charge >= 0.3 is 11.9 Å². The SMILES string of the molecule is O=C(O)C[C@H](NC(=O)Cc1c(Cl)cccc1Cl)C(=O)O. The van der Waals surface area contributed by atoms with Gasteiger partial charge in [-0.3, -0.25) is 9.59 Å². The molecule has 1 aromatic rings. The van der Waals surface area contributed by atoms with E-state index in [1.807, 2.05) is 0 Å². The molecule has 0 aliphatic heterocycles. The third kappa shape index (κ3) is 4.71. The van der Waals surface area contributed by atoms with Crippen molar-refractivity contribution in [3.8, 4) is 0 Å². The molecule has 1 aromatic carbocycles. The zero-order valence-corrected chi connectivity index (χ0v) is 11.6. The monoisotopic (exact) mass is 319 g/mol. The lowest BCUT2D eigenvalue weighted by Gasteiger charge is -2.13. The predicted molar refractivity (Wildman–Crippen MR) is 72.0 cm³/mol. The van der Waals surface area contributed by atoms with E-state index in [0.717, 1.165) is 0 Å². The first kappa shape index (κ1) is 16.3. The number of carbonyl (C=O) groups is 3. The lowest BCUT2D eigenvalue weighted by atomic mass is 10.1. The summed E-state index contributed by atoms with van der Waals surface area (Å²) in [7, 11) is 0. The molecule has 0 saturated carbocycles. The predicted octanol–water partition coefficient (Wildman–Crippen LogP) is 1.58. The van der Waals surface area contributed by atoms with Crippen LogP contribution in [0.5, 0.6) is 0 Å². The maximum atomic E-state index is 11.7. The van der Waals surface area contributed by atoms with Gasteiger partial charge in [0.15, 0.2) is 0 Å². The Hall–Kier alpha value is -1.79. The maximum Gasteiger partial charge on any atom is 0.326 e. The second-order valence-corrected chi connectivity index (χ2v) is 4.75. The average Bonchev–Trinajstić information content (AvgIpc) is 2.32. The molecule has 1 rings (SSSR count). The van der Waals surface area contributed by atoms with E-state index in [1.54, 1.807) is 18.2 Å². The number of hydrogen-bond donors (Lipinski definition) is 3. The molecule has 8 heteroatoms. The fourth-order valence-electron chi connectivity index (χ4n) is 1.48. The highest BCUT2D eigenvalue weighted by Gasteiger charge is 2.23. The van der Waals surface area contributed by atoms with Gasteiger partial charge in [-0.15, -0.1) is 0 Å². The molecule has 0 spiro atoms. The average molecular weight is 320 g/mol. The van der Waals surface area contributed by atoms with Crippen LogP contribution in [0.25, 0.3) is 0 Å². The Labute approximate surface area is 124 Å². The third-order valence-electron chi connectivity index (χ3n) is 2.41. The van der Waals surface area contributed by atoms with Gasteiger partial charge in [-0.1, -0.05) is 29.3 Å². The van der Waals surface area contributed by atoms with Crippen LogP contribution < -0.4 is 5.32 Å². The van der Waals surface area contributed by atoms with Gasteiger partial charge in [0.25, 0.3) is 0 Å². The molecule has 0 radical (unpaired) electrons. The highest BCUT2D eigenvalue weighted by Crippen LogP contribution is 2.24. The Bertz CT molecular complexity index is 526. The fourth-order valence-corrected chi connectivity index (χ4v) is 2.01. The summed E-state index contributed by atoms with van der Waals surface area (Å²) in [5, 5.41) is 20.0. The van der Waals surface area contributed by atoms with Crippen molar-refractivity contribution >= 4 is 41.0 Å². The maximum absolute atomic E-state index is 11.7. The molecule has 6 nitrogen and oxygen atoms in total. The van der Waals surface area contributed by atoms with Crippen LogP contribution in [0.4, 0.5) is 0 Å². The Kier molecular flexibility index (Phi) is 5.79. The number of benzene rings is 1. The Morgan fingerprint density at radius 3 is 2.15 bits per heavy atom. The van der Waals surface area contributed by atoms with Gasteiger partial charge in [0.2, 0.25) is 5.91 Å². The van der Waals surface area contributed by atoms with E-state index in [-0.39, 0.29) is 16.5 Å². The van der Waals surface area contributed by atoms with Gasteiger partial charge in [-0.2, -0.15) is 0 Å². The summed E-state index contributed by atoms with van der Waals surface area (Å²) in [6.07, 6.45) is -0.945. The minimum absolute atomic E-state index is 0.234. The van der Waals surface area contributed by atoms with Crippen molar-refractivity contribution in [3.63, 3.8) is 0 Å². The highest BCUT2D eigenvalue weighted by atomic mass is 35.5. The van der Waals surface area contributed by atoms with Crippen LogP contribution in [0.1, 0.15) is 12.0 Å². The minimum Gasteiger partial charge on any atom is -0.481 e. The minimum atomic E-state index is -1.50. The van der Waals surface area contributed by atoms with E-state index in [2.05, 4.69) is 5.32 Å². The second kappa shape index (κ2) is 7.12. The van der Waals surface area contributed by atoms with Crippen molar-refractivity contribution in [1.29, 1.82) is 0 Å². The summed E-state index contributed by atoms with van der Waals surface area (Å²) in [6, 6.07) is 3.20. The summed E-state index contributed by atoms with van der Waals surface area (Å²) < 4.78 is 0. The van der Waals surface area contributed by atoms with Crippen molar-refractivity contribution in [2.45, 2.75) is 18.9 Å². The largest absolute Gasteiger partial charge is 0.481 e. The van der Waals surface area contributed by atoms with Crippen molar-refractivity contribution < 1.29 is 24.6 Å². The smallest absolute Gasteiger partial charge is 0.326 e. The van der Waals surface area contributed by atoms with Crippen LogP contribution in [0.3, 0.4) is 0 Å². The molecule has 3 N–H and O–H groups in total. The Balaban J connectivity index is 2.76. The number of amides is 1.